The van der Waals surface area contributed by atoms with Crippen LogP contribution in [-0.2, 0) is 53.8 Å². The molecule has 2 saturated carbocycles. The fourth-order valence-corrected chi connectivity index (χ4v) is 15.1. The van der Waals surface area contributed by atoms with Crippen molar-refractivity contribution in [3.63, 3.8) is 0 Å². The molecule has 5 heterocycles. The second kappa shape index (κ2) is 20.5. The van der Waals surface area contributed by atoms with E-state index in [1.54, 1.807) is 41.5 Å². The summed E-state index contributed by atoms with van der Waals surface area (Å²) in [7, 11) is 2.10. The SMILES string of the molecule is CCc1c2c(nc3ccc(OC(=O)N4CCN(C(=O)CCCCCN(C)c5ccc(C6CC7(C)[C@@H](CC[C@]7(OC(C)=O)C(C)O)C7CCC8=CC(=O)CCC8=C67)cc5)CC4)cc13)-c1cc3c(c(=O)n1C2)COC(=O)[C@]3(O)CC. The molecule has 2 amide bonds. The van der Waals surface area contributed by atoms with Crippen LogP contribution >= 0.6 is 0 Å². The first-order valence-corrected chi connectivity index (χ1v) is 28.4. The lowest BCUT2D eigenvalue weighted by Crippen LogP contribution is -2.58. The van der Waals surface area contributed by atoms with Gasteiger partial charge < -0.3 is 43.7 Å². The van der Waals surface area contributed by atoms with E-state index in [1.807, 2.05) is 24.0 Å². The van der Waals surface area contributed by atoms with Crippen LogP contribution < -0.4 is 15.2 Å². The Labute approximate surface area is 455 Å². The van der Waals surface area contributed by atoms with Crippen LogP contribution in [0.4, 0.5) is 10.5 Å². The number of aliphatic hydroxyl groups is 2. The number of aromatic nitrogens is 2. The lowest BCUT2D eigenvalue weighted by molar-refractivity contribution is -0.199. The van der Waals surface area contributed by atoms with Gasteiger partial charge in [0.25, 0.3) is 5.56 Å². The number of carbonyl (C=O) groups excluding carboxylic acids is 5. The highest BCUT2D eigenvalue weighted by molar-refractivity contribution is 5.93. The number of allylic oxidation sites excluding steroid dienone is 4. The molecular weight excluding hydrogens is 991 g/mol. The van der Waals surface area contributed by atoms with E-state index in [2.05, 4.69) is 43.1 Å². The molecule has 1 saturated heterocycles. The number of piperazine rings is 1. The topological polar surface area (TPSA) is 198 Å². The van der Waals surface area contributed by atoms with Crippen molar-refractivity contribution in [2.24, 2.45) is 17.3 Å². The Kier molecular flexibility index (Phi) is 14.1. The number of rotatable bonds is 13. The van der Waals surface area contributed by atoms with E-state index in [1.165, 1.54) is 29.2 Å². The van der Waals surface area contributed by atoms with Gasteiger partial charge >= 0.3 is 18.0 Å². The highest BCUT2D eigenvalue weighted by atomic mass is 16.6. The number of benzene rings is 2. The number of aryl methyl sites for hydroxylation is 1. The Bertz CT molecular complexity index is 3260. The Balaban J connectivity index is 0.672. The monoisotopic (exact) mass is 1060 g/mol. The normalized spacial score (nSPS) is 26.5. The summed E-state index contributed by atoms with van der Waals surface area (Å²) in [6, 6.07) is 15.9. The maximum atomic E-state index is 13.8. The van der Waals surface area contributed by atoms with Crippen LogP contribution in [0.2, 0.25) is 0 Å². The molecule has 0 radical (unpaired) electrons. The third-order valence-corrected chi connectivity index (χ3v) is 19.3. The zero-order valence-electron chi connectivity index (χ0n) is 46.0. The summed E-state index contributed by atoms with van der Waals surface area (Å²) in [5.41, 5.74) is 6.85. The molecule has 4 unspecified atom stereocenters. The van der Waals surface area contributed by atoms with Gasteiger partial charge in [-0.15, -0.1) is 0 Å². The second-order valence-corrected chi connectivity index (χ2v) is 23.3. The Hall–Kier alpha value is -6.65. The molecule has 3 fully saturated rings. The predicted octanol–water partition coefficient (Wildman–Crippen LogP) is 8.56. The molecule has 2 aromatic carbocycles. The van der Waals surface area contributed by atoms with Crippen LogP contribution in [-0.4, -0.2) is 111 Å². The predicted molar refractivity (Wildman–Crippen MR) is 293 cm³/mol. The van der Waals surface area contributed by atoms with Gasteiger partial charge in [0.15, 0.2) is 11.4 Å². The number of hydrogen-bond donors (Lipinski definition) is 2. The van der Waals surface area contributed by atoms with Crippen molar-refractivity contribution in [3.05, 3.63) is 109 Å². The molecule has 16 nitrogen and oxygen atoms in total. The van der Waals surface area contributed by atoms with E-state index in [0.29, 0.717) is 74.5 Å². The molecule has 4 aromatic rings. The highest BCUT2D eigenvalue weighted by Crippen LogP contribution is 2.68. The average Bonchev–Trinajstić information content (AvgIpc) is 3.59. The number of ether oxygens (including phenoxy) is 3. The summed E-state index contributed by atoms with van der Waals surface area (Å²) in [5.74, 6) is 0.145. The van der Waals surface area contributed by atoms with Crippen LogP contribution in [0.5, 0.6) is 5.75 Å². The first kappa shape index (κ1) is 53.4. The molecule has 16 heteroatoms. The van der Waals surface area contributed by atoms with Gasteiger partial charge in [-0.05, 0) is 148 Å². The summed E-state index contributed by atoms with van der Waals surface area (Å²) >= 11 is 0. The minimum Gasteiger partial charge on any atom is -0.458 e. The number of carbonyl (C=O) groups is 5. The number of hydrogen-bond acceptors (Lipinski definition) is 13. The van der Waals surface area contributed by atoms with E-state index in [0.717, 1.165) is 80.1 Å². The Morgan fingerprint density at radius 2 is 1.69 bits per heavy atom. The van der Waals surface area contributed by atoms with Crippen LogP contribution in [0, 0.1) is 17.3 Å². The van der Waals surface area contributed by atoms with Crippen LogP contribution in [0.25, 0.3) is 22.3 Å². The first-order chi connectivity index (χ1) is 37.4. The van der Waals surface area contributed by atoms with Crippen LogP contribution in [0.1, 0.15) is 145 Å². The molecule has 0 bridgehead atoms. The van der Waals surface area contributed by atoms with Gasteiger partial charge in [0, 0.05) is 93.1 Å². The molecule has 3 aliphatic heterocycles. The van der Waals surface area contributed by atoms with E-state index in [4.69, 9.17) is 19.2 Å². The standard InChI is InChI=1S/C62H73N5O11/c1-7-43-46-31-42(19-22-52(46)63-56-48(43)34-67-53(56)32-51-49(57(67)72)35-76-58(73)61(51,75)8-2)77-59(74)66-28-26-65(27-29-66)54(71)12-10-9-11-25-64(6)40-16-13-38(14-17-40)47-33-60(5)50(23-24-62(60,36(3)68)78-37(4)69)45-20-15-39-30-41(70)18-21-44(39)55(45)47/h13-14,16-17,19,22,30-32,36,45,47,50,68,75H,7-12,15,18,20-21,23-29,33-35H2,1-6H3/t36?,45?,47?,50-,60?,61-,62-/m0/s1. The summed E-state index contributed by atoms with van der Waals surface area (Å²) in [6.45, 7) is 11.6. The minimum atomic E-state index is -1.92. The number of amides is 2. The second-order valence-electron chi connectivity index (χ2n) is 23.3. The fourth-order valence-electron chi connectivity index (χ4n) is 15.1. The van der Waals surface area contributed by atoms with E-state index in [-0.39, 0.29) is 71.7 Å². The van der Waals surface area contributed by atoms with Crippen molar-refractivity contribution in [1.82, 2.24) is 19.4 Å². The lowest BCUT2D eigenvalue weighted by atomic mass is 9.50. The third-order valence-electron chi connectivity index (χ3n) is 19.3. The summed E-state index contributed by atoms with van der Waals surface area (Å²) in [5, 5.41) is 23.5. The summed E-state index contributed by atoms with van der Waals surface area (Å²) in [4.78, 5) is 89.2. The maximum absolute atomic E-state index is 13.8. The van der Waals surface area contributed by atoms with Gasteiger partial charge in [0.05, 0.1) is 35.1 Å². The van der Waals surface area contributed by atoms with Crippen LogP contribution in [0.3, 0.4) is 0 Å². The molecule has 7 aliphatic rings. The number of fused-ring (bicyclic) bond motifs is 9. The van der Waals surface area contributed by atoms with Gasteiger partial charge in [-0.3, -0.25) is 19.2 Å². The van der Waals surface area contributed by atoms with E-state index < -0.39 is 34.8 Å². The smallest absolute Gasteiger partial charge is 0.415 e. The molecule has 2 aromatic heterocycles. The lowest BCUT2D eigenvalue weighted by Gasteiger charge is -2.56. The summed E-state index contributed by atoms with van der Waals surface area (Å²) < 4.78 is 19.0. The number of nitrogens with zero attached hydrogens (tertiary/aromatic N) is 5. The molecule has 11 rings (SSSR count). The zero-order valence-corrected chi connectivity index (χ0v) is 46.0. The molecule has 2 N–H and O–H groups in total. The van der Waals surface area contributed by atoms with Crippen LogP contribution in [0.15, 0.2) is 76.1 Å². The van der Waals surface area contributed by atoms with E-state index in [9.17, 15) is 39.0 Å². The number of esters is 2. The number of unbranched alkanes of at least 4 members (excludes halogenated alkanes) is 2. The molecule has 4 aliphatic carbocycles. The minimum absolute atomic E-state index is 0.0575. The molecular formula is C62H73N5O11. The van der Waals surface area contributed by atoms with Crippen molar-refractivity contribution >= 4 is 46.3 Å². The quantitative estimate of drug-likeness (QED) is 0.0841. The number of cyclic esters (lactones) is 1. The van der Waals surface area contributed by atoms with E-state index >= 15 is 0 Å². The number of pyridine rings is 2. The average molecular weight is 1060 g/mol. The number of ketones is 1. The van der Waals surface area contributed by atoms with Gasteiger partial charge in [-0.25, -0.2) is 14.6 Å². The van der Waals surface area contributed by atoms with Crippen molar-refractivity contribution < 1.29 is 48.4 Å². The van der Waals surface area contributed by atoms with Crippen molar-refractivity contribution in [2.45, 2.75) is 154 Å². The molecule has 7 atom stereocenters. The molecule has 0 spiro atoms. The van der Waals surface area contributed by atoms with Gasteiger partial charge in [-0.2, -0.15) is 0 Å². The first-order valence-electron chi connectivity index (χ1n) is 28.4. The number of aliphatic hydroxyl groups excluding tert-OH is 1. The largest absolute Gasteiger partial charge is 0.458 e. The summed E-state index contributed by atoms with van der Waals surface area (Å²) in [6.07, 6.45) is 9.66. The molecule has 412 valence electrons. The Morgan fingerprint density at radius 1 is 0.936 bits per heavy atom. The third kappa shape index (κ3) is 8.85. The highest BCUT2D eigenvalue weighted by Gasteiger charge is 2.67. The van der Waals surface area contributed by atoms with Gasteiger partial charge in [0.2, 0.25) is 5.91 Å². The van der Waals surface area contributed by atoms with Gasteiger partial charge in [-0.1, -0.05) is 44.9 Å². The number of anilines is 1. The van der Waals surface area contributed by atoms with Crippen molar-refractivity contribution in [1.29, 1.82) is 0 Å². The fraction of sp³-hybridized carbons (Fsp3) is 0.532. The van der Waals surface area contributed by atoms with Crippen molar-refractivity contribution in [3.8, 4) is 17.1 Å². The Morgan fingerprint density at radius 3 is 2.41 bits per heavy atom. The maximum Gasteiger partial charge on any atom is 0.415 e. The van der Waals surface area contributed by atoms with Crippen molar-refractivity contribution in [2.75, 3.05) is 44.7 Å². The molecule has 78 heavy (non-hydrogen) atoms. The zero-order chi connectivity index (χ0) is 55.0. The van der Waals surface area contributed by atoms with Gasteiger partial charge in [0.1, 0.15) is 18.0 Å².